The molecule has 1 fully saturated rings. The smallest absolute Gasteiger partial charge is 0.124 e. The van der Waals surface area contributed by atoms with Crippen LogP contribution in [0.2, 0.25) is 0 Å². The molecule has 5 heteroatoms. The van der Waals surface area contributed by atoms with Crippen LogP contribution in [0.25, 0.3) is 0 Å². The van der Waals surface area contributed by atoms with Gasteiger partial charge in [0.2, 0.25) is 0 Å². The van der Waals surface area contributed by atoms with E-state index in [2.05, 4.69) is 28.8 Å². The molecule has 1 aromatic rings. The molecule has 2 heterocycles. The van der Waals surface area contributed by atoms with Gasteiger partial charge in [0.1, 0.15) is 10.7 Å². The first-order valence-corrected chi connectivity index (χ1v) is 6.20. The van der Waals surface area contributed by atoms with Crippen molar-refractivity contribution in [3.05, 3.63) is 24.0 Å². The zero-order valence-electron chi connectivity index (χ0n) is 10.3. The lowest BCUT2D eigenvalue weighted by atomic mass is 10.1. The Morgan fingerprint density at radius 3 is 2.94 bits per heavy atom. The second-order valence-corrected chi connectivity index (χ2v) is 4.95. The molecule has 2 rings (SSSR count). The van der Waals surface area contributed by atoms with Gasteiger partial charge in [-0.25, -0.2) is 0 Å². The lowest BCUT2D eigenvalue weighted by Crippen LogP contribution is -2.50. The summed E-state index contributed by atoms with van der Waals surface area (Å²) in [7, 11) is 2.15. The maximum atomic E-state index is 5.72. The predicted octanol–water partition coefficient (Wildman–Crippen LogP) is 0.856. The Labute approximate surface area is 107 Å². The summed E-state index contributed by atoms with van der Waals surface area (Å²) in [6.45, 7) is 5.25. The van der Waals surface area contributed by atoms with Gasteiger partial charge < -0.3 is 15.5 Å². The third-order valence-corrected chi connectivity index (χ3v) is 3.51. The molecule has 4 nitrogen and oxygen atoms in total. The molecule has 0 aromatic carbocycles. The fourth-order valence-corrected chi connectivity index (χ4v) is 2.27. The van der Waals surface area contributed by atoms with E-state index in [0.717, 1.165) is 31.0 Å². The Balaban J connectivity index is 2.25. The molecule has 1 aromatic heterocycles. The Kier molecular flexibility index (Phi) is 3.59. The monoisotopic (exact) mass is 250 g/mol. The standard InChI is InChI=1S/C12H18N4S/c1-9-8-16(7-6-15(9)2)10-4-3-5-14-11(10)12(13)17/h3-5,9H,6-8H2,1-2H3,(H2,13,17). The first-order valence-electron chi connectivity index (χ1n) is 5.79. The highest BCUT2D eigenvalue weighted by Crippen LogP contribution is 2.21. The van der Waals surface area contributed by atoms with E-state index in [4.69, 9.17) is 18.0 Å². The van der Waals surface area contributed by atoms with Crippen LogP contribution in [0.4, 0.5) is 5.69 Å². The molecule has 0 spiro atoms. The average molecular weight is 250 g/mol. The van der Waals surface area contributed by atoms with Crippen LogP contribution in [0.3, 0.4) is 0 Å². The van der Waals surface area contributed by atoms with Gasteiger partial charge in [-0.3, -0.25) is 4.98 Å². The molecular formula is C12H18N4S. The van der Waals surface area contributed by atoms with Crippen LogP contribution in [0.5, 0.6) is 0 Å². The summed E-state index contributed by atoms with van der Waals surface area (Å²) in [5.74, 6) is 0. The topological polar surface area (TPSA) is 45.4 Å². The van der Waals surface area contributed by atoms with Crippen molar-refractivity contribution in [3.8, 4) is 0 Å². The largest absolute Gasteiger partial charge is 0.388 e. The molecular weight excluding hydrogens is 232 g/mol. The predicted molar refractivity (Wildman–Crippen MR) is 74.4 cm³/mol. The zero-order chi connectivity index (χ0) is 12.4. The Morgan fingerprint density at radius 2 is 2.29 bits per heavy atom. The SMILES string of the molecule is CC1CN(c2cccnc2C(N)=S)CCN1C. The number of pyridine rings is 1. The van der Waals surface area contributed by atoms with Crippen LogP contribution < -0.4 is 10.6 Å². The number of rotatable bonds is 2. The summed E-state index contributed by atoms with van der Waals surface area (Å²) in [6, 6.07) is 4.50. The van der Waals surface area contributed by atoms with Crippen LogP contribution in [-0.4, -0.2) is 47.6 Å². The van der Waals surface area contributed by atoms with Crippen molar-refractivity contribution < 1.29 is 0 Å². The number of nitrogens with two attached hydrogens (primary N) is 1. The molecule has 0 amide bonds. The van der Waals surface area contributed by atoms with Crippen molar-refractivity contribution in [1.29, 1.82) is 0 Å². The van der Waals surface area contributed by atoms with Crippen LogP contribution >= 0.6 is 12.2 Å². The average Bonchev–Trinajstić information content (AvgIpc) is 2.32. The summed E-state index contributed by atoms with van der Waals surface area (Å²) >= 11 is 5.05. The number of likely N-dealkylation sites (N-methyl/N-ethyl adjacent to an activating group) is 1. The molecule has 17 heavy (non-hydrogen) atoms. The third-order valence-electron chi connectivity index (χ3n) is 3.32. The molecule has 1 saturated heterocycles. The first-order chi connectivity index (χ1) is 8.09. The summed E-state index contributed by atoms with van der Waals surface area (Å²) in [5, 5.41) is 0. The van der Waals surface area contributed by atoms with Gasteiger partial charge in [-0.05, 0) is 26.1 Å². The molecule has 92 valence electrons. The Hall–Kier alpha value is -1.20. The Morgan fingerprint density at radius 1 is 1.53 bits per heavy atom. The minimum atomic E-state index is 0.368. The van der Waals surface area contributed by atoms with E-state index in [-0.39, 0.29) is 0 Å². The van der Waals surface area contributed by atoms with Gasteiger partial charge in [-0.2, -0.15) is 0 Å². The molecule has 0 saturated carbocycles. The maximum absolute atomic E-state index is 5.72. The van der Waals surface area contributed by atoms with Crippen LogP contribution in [0, 0.1) is 0 Å². The van der Waals surface area contributed by atoms with Crippen LogP contribution in [0.15, 0.2) is 18.3 Å². The summed E-state index contributed by atoms with van der Waals surface area (Å²) in [6.07, 6.45) is 1.73. The van der Waals surface area contributed by atoms with E-state index in [9.17, 15) is 0 Å². The van der Waals surface area contributed by atoms with Gasteiger partial charge in [-0.15, -0.1) is 0 Å². The van der Waals surface area contributed by atoms with Crippen LogP contribution in [-0.2, 0) is 0 Å². The highest BCUT2D eigenvalue weighted by atomic mass is 32.1. The van der Waals surface area contributed by atoms with E-state index in [1.54, 1.807) is 6.20 Å². The van der Waals surface area contributed by atoms with E-state index >= 15 is 0 Å². The van der Waals surface area contributed by atoms with E-state index in [1.165, 1.54) is 0 Å². The molecule has 1 aliphatic heterocycles. The molecule has 0 radical (unpaired) electrons. The van der Waals surface area contributed by atoms with Gasteiger partial charge in [-0.1, -0.05) is 12.2 Å². The lowest BCUT2D eigenvalue weighted by molar-refractivity contribution is 0.234. The highest BCUT2D eigenvalue weighted by molar-refractivity contribution is 7.80. The van der Waals surface area contributed by atoms with Gasteiger partial charge in [0, 0.05) is 31.9 Å². The fraction of sp³-hybridized carbons (Fsp3) is 0.500. The van der Waals surface area contributed by atoms with Gasteiger partial charge >= 0.3 is 0 Å². The number of nitrogens with zero attached hydrogens (tertiary/aromatic N) is 3. The van der Waals surface area contributed by atoms with E-state index in [1.807, 2.05) is 12.1 Å². The number of anilines is 1. The summed E-state index contributed by atoms with van der Waals surface area (Å²) < 4.78 is 0. The number of hydrogen-bond acceptors (Lipinski definition) is 4. The number of hydrogen-bond donors (Lipinski definition) is 1. The fourth-order valence-electron chi connectivity index (χ4n) is 2.11. The molecule has 0 aliphatic carbocycles. The highest BCUT2D eigenvalue weighted by Gasteiger charge is 2.23. The quantitative estimate of drug-likeness (QED) is 0.789. The van der Waals surface area contributed by atoms with Gasteiger partial charge in [0.15, 0.2) is 0 Å². The van der Waals surface area contributed by atoms with Crippen molar-refractivity contribution in [2.75, 3.05) is 31.6 Å². The minimum absolute atomic E-state index is 0.368. The Bertz CT molecular complexity index is 421. The van der Waals surface area contributed by atoms with Gasteiger partial charge in [0.25, 0.3) is 0 Å². The normalized spacial score (nSPS) is 21.5. The van der Waals surface area contributed by atoms with Crippen molar-refractivity contribution in [2.45, 2.75) is 13.0 Å². The maximum Gasteiger partial charge on any atom is 0.124 e. The van der Waals surface area contributed by atoms with Crippen molar-refractivity contribution in [3.63, 3.8) is 0 Å². The first kappa shape index (κ1) is 12.3. The molecule has 1 aliphatic rings. The molecule has 1 atom stereocenters. The number of aromatic nitrogens is 1. The van der Waals surface area contributed by atoms with E-state index in [0.29, 0.717) is 11.0 Å². The van der Waals surface area contributed by atoms with Gasteiger partial charge in [0.05, 0.1) is 5.69 Å². The zero-order valence-corrected chi connectivity index (χ0v) is 11.1. The third kappa shape index (κ3) is 2.56. The summed E-state index contributed by atoms with van der Waals surface area (Å²) in [4.78, 5) is 9.31. The second-order valence-electron chi connectivity index (χ2n) is 4.51. The lowest BCUT2D eigenvalue weighted by Gasteiger charge is -2.39. The molecule has 0 bridgehead atoms. The minimum Gasteiger partial charge on any atom is -0.388 e. The summed E-state index contributed by atoms with van der Waals surface area (Å²) in [5.41, 5.74) is 7.51. The van der Waals surface area contributed by atoms with Crippen molar-refractivity contribution in [1.82, 2.24) is 9.88 Å². The van der Waals surface area contributed by atoms with Crippen molar-refractivity contribution in [2.24, 2.45) is 5.73 Å². The van der Waals surface area contributed by atoms with Crippen LogP contribution in [0.1, 0.15) is 12.6 Å². The van der Waals surface area contributed by atoms with E-state index < -0.39 is 0 Å². The molecule has 1 unspecified atom stereocenters. The van der Waals surface area contributed by atoms with Crippen molar-refractivity contribution >= 4 is 22.9 Å². The number of thiocarbonyl (C=S) groups is 1. The number of piperazine rings is 1. The molecule has 2 N–H and O–H groups in total. The second kappa shape index (κ2) is 4.98.